The number of anilines is 1. The number of benzene rings is 3. The second-order valence-corrected chi connectivity index (χ2v) is 7.65. The molecule has 3 amide bonds. The Balaban J connectivity index is 1.63. The van der Waals surface area contributed by atoms with Crippen molar-refractivity contribution in [2.45, 2.75) is 6.04 Å². The van der Waals surface area contributed by atoms with Crippen LogP contribution in [0.4, 0.5) is 10.5 Å². The Labute approximate surface area is 178 Å². The number of nitrogens with zero attached hydrogens (tertiary/aromatic N) is 1. The van der Waals surface area contributed by atoms with Crippen LogP contribution in [-0.4, -0.2) is 24.0 Å². The fourth-order valence-electron chi connectivity index (χ4n) is 3.10. The van der Waals surface area contributed by atoms with E-state index in [0.29, 0.717) is 0 Å². The summed E-state index contributed by atoms with van der Waals surface area (Å²) in [5.74, 6) is -0.439. The lowest BCUT2D eigenvalue weighted by Gasteiger charge is -2.20. The molecular formula is C23H20N4O2S. The van der Waals surface area contributed by atoms with E-state index in [-0.39, 0.29) is 0 Å². The third-order valence-electron chi connectivity index (χ3n) is 4.57. The van der Waals surface area contributed by atoms with Gasteiger partial charge in [0, 0.05) is 18.3 Å². The molecule has 0 fully saturated rings. The molecule has 0 spiro atoms. The minimum absolute atomic E-state index is 0.439. The van der Waals surface area contributed by atoms with Crippen molar-refractivity contribution in [3.05, 3.63) is 84.4 Å². The Morgan fingerprint density at radius 3 is 2.47 bits per heavy atom. The number of thiazole rings is 1. The molecule has 0 radical (unpaired) electrons. The average molecular weight is 417 g/mol. The summed E-state index contributed by atoms with van der Waals surface area (Å²) in [5, 5.41) is 8.92. The molecular weight excluding hydrogens is 396 g/mol. The summed E-state index contributed by atoms with van der Waals surface area (Å²) in [6.45, 7) is 0. The highest BCUT2D eigenvalue weighted by molar-refractivity contribution is 7.21. The zero-order chi connectivity index (χ0) is 20.9. The Bertz CT molecular complexity index is 1160. The topological polar surface area (TPSA) is 83.1 Å². The van der Waals surface area contributed by atoms with Gasteiger partial charge in [0.25, 0.3) is 5.91 Å². The minimum Gasteiger partial charge on any atom is -0.370 e. The molecule has 150 valence electrons. The fourth-order valence-corrected chi connectivity index (χ4v) is 4.06. The highest BCUT2D eigenvalue weighted by Gasteiger charge is 2.22. The van der Waals surface area contributed by atoms with Gasteiger partial charge in [0.05, 0.1) is 10.2 Å². The highest BCUT2D eigenvalue weighted by Crippen LogP contribution is 2.32. The van der Waals surface area contributed by atoms with Crippen molar-refractivity contribution in [3.63, 3.8) is 0 Å². The zero-order valence-electron chi connectivity index (χ0n) is 16.3. The Morgan fingerprint density at radius 2 is 1.70 bits per heavy atom. The maximum absolute atomic E-state index is 12.7. The lowest BCUT2D eigenvalue weighted by Crippen LogP contribution is -2.42. The van der Waals surface area contributed by atoms with Crippen LogP contribution in [0, 0.1) is 0 Å². The van der Waals surface area contributed by atoms with E-state index in [2.05, 4.69) is 16.0 Å². The number of fused-ring (bicyclic) bond motifs is 1. The van der Waals surface area contributed by atoms with E-state index in [0.717, 1.165) is 32.0 Å². The lowest BCUT2D eigenvalue weighted by molar-refractivity contribution is -0.120. The first-order valence-corrected chi connectivity index (χ1v) is 10.3. The van der Waals surface area contributed by atoms with Crippen molar-refractivity contribution in [1.29, 1.82) is 0 Å². The van der Waals surface area contributed by atoms with Gasteiger partial charge in [0.1, 0.15) is 11.0 Å². The molecule has 0 saturated heterocycles. The Morgan fingerprint density at radius 1 is 0.933 bits per heavy atom. The molecule has 1 heterocycles. The number of amides is 3. The quantitative estimate of drug-likeness (QED) is 0.445. The molecule has 1 aromatic heterocycles. The number of hydrogen-bond acceptors (Lipinski definition) is 5. The number of aromatic nitrogens is 1. The zero-order valence-corrected chi connectivity index (χ0v) is 17.1. The molecule has 4 aromatic rings. The smallest absolute Gasteiger partial charge is 0.321 e. The van der Waals surface area contributed by atoms with Gasteiger partial charge in [-0.2, -0.15) is 0 Å². The fraction of sp³-hybridized carbons (Fsp3) is 0.0870. The summed E-state index contributed by atoms with van der Waals surface area (Å²) >= 11 is 1.62. The SMILES string of the molecule is CNC(=O)NC(=O)[C@@H](Nc1cccc(-c2nc3ccccc3s2)c1)c1ccccc1. The number of hydrogen-bond donors (Lipinski definition) is 3. The third kappa shape index (κ3) is 4.31. The van der Waals surface area contributed by atoms with Gasteiger partial charge in [-0.05, 0) is 29.8 Å². The van der Waals surface area contributed by atoms with E-state index in [1.807, 2.05) is 78.9 Å². The van der Waals surface area contributed by atoms with Gasteiger partial charge in [-0.3, -0.25) is 10.1 Å². The van der Waals surface area contributed by atoms with Gasteiger partial charge >= 0.3 is 6.03 Å². The van der Waals surface area contributed by atoms with Crippen LogP contribution in [0.5, 0.6) is 0 Å². The average Bonchev–Trinajstić information content (AvgIpc) is 3.22. The summed E-state index contributed by atoms with van der Waals surface area (Å²) in [6.07, 6.45) is 0. The molecule has 7 heteroatoms. The predicted molar refractivity (Wildman–Crippen MR) is 120 cm³/mol. The predicted octanol–water partition coefficient (Wildman–Crippen LogP) is 4.57. The molecule has 1 atom stereocenters. The minimum atomic E-state index is -0.728. The van der Waals surface area contributed by atoms with Crippen LogP contribution in [-0.2, 0) is 4.79 Å². The summed E-state index contributed by atoms with van der Waals surface area (Å²) in [6, 6.07) is 23.8. The van der Waals surface area contributed by atoms with Crippen molar-refractivity contribution < 1.29 is 9.59 Å². The second-order valence-electron chi connectivity index (χ2n) is 6.62. The number of carbonyl (C=O) groups is 2. The van der Waals surface area contributed by atoms with Crippen molar-refractivity contribution in [2.75, 3.05) is 12.4 Å². The van der Waals surface area contributed by atoms with Crippen molar-refractivity contribution in [3.8, 4) is 10.6 Å². The van der Waals surface area contributed by atoms with Crippen molar-refractivity contribution in [1.82, 2.24) is 15.6 Å². The number of urea groups is 1. The van der Waals surface area contributed by atoms with Gasteiger partial charge in [-0.25, -0.2) is 9.78 Å². The molecule has 0 aliphatic rings. The van der Waals surface area contributed by atoms with E-state index in [9.17, 15) is 9.59 Å². The van der Waals surface area contributed by atoms with E-state index in [1.54, 1.807) is 11.3 Å². The Hall–Kier alpha value is -3.71. The number of imide groups is 1. The van der Waals surface area contributed by atoms with Crippen LogP contribution in [0.15, 0.2) is 78.9 Å². The molecule has 0 bridgehead atoms. The van der Waals surface area contributed by atoms with Crippen LogP contribution >= 0.6 is 11.3 Å². The normalized spacial score (nSPS) is 11.6. The van der Waals surface area contributed by atoms with E-state index < -0.39 is 18.0 Å². The van der Waals surface area contributed by atoms with Gasteiger partial charge in [0.15, 0.2) is 0 Å². The molecule has 3 N–H and O–H groups in total. The number of nitrogens with one attached hydrogen (secondary N) is 3. The van der Waals surface area contributed by atoms with E-state index in [4.69, 9.17) is 4.98 Å². The first-order chi connectivity index (χ1) is 14.6. The van der Waals surface area contributed by atoms with Crippen LogP contribution in [0.25, 0.3) is 20.8 Å². The molecule has 3 aromatic carbocycles. The summed E-state index contributed by atoms with van der Waals surface area (Å²) in [4.78, 5) is 29.1. The standard InChI is InChI=1S/C23H20N4O2S/c1-24-23(29)27-21(28)20(15-8-3-2-4-9-15)25-17-11-7-10-16(14-17)22-26-18-12-5-6-13-19(18)30-22/h2-14,20,25H,1H3,(H2,24,27,28,29)/t20-/m0/s1. The summed E-state index contributed by atoms with van der Waals surface area (Å²) < 4.78 is 1.12. The maximum Gasteiger partial charge on any atom is 0.321 e. The molecule has 0 aliphatic carbocycles. The van der Waals surface area contributed by atoms with Gasteiger partial charge < -0.3 is 10.6 Å². The van der Waals surface area contributed by atoms with Gasteiger partial charge in [-0.1, -0.05) is 54.6 Å². The molecule has 6 nitrogen and oxygen atoms in total. The van der Waals surface area contributed by atoms with Crippen LogP contribution < -0.4 is 16.0 Å². The van der Waals surface area contributed by atoms with Gasteiger partial charge in [0.2, 0.25) is 0 Å². The highest BCUT2D eigenvalue weighted by atomic mass is 32.1. The lowest BCUT2D eigenvalue weighted by atomic mass is 10.1. The first kappa shape index (κ1) is 19.6. The van der Waals surface area contributed by atoms with Crippen LogP contribution in [0.3, 0.4) is 0 Å². The molecule has 4 rings (SSSR count). The molecule has 0 unspecified atom stereocenters. The first-order valence-electron chi connectivity index (χ1n) is 9.44. The summed E-state index contributed by atoms with van der Waals surface area (Å²) in [5.41, 5.74) is 3.43. The molecule has 30 heavy (non-hydrogen) atoms. The molecule has 0 saturated carbocycles. The summed E-state index contributed by atoms with van der Waals surface area (Å²) in [7, 11) is 1.47. The van der Waals surface area contributed by atoms with Crippen LogP contribution in [0.1, 0.15) is 11.6 Å². The van der Waals surface area contributed by atoms with Crippen molar-refractivity contribution >= 4 is 39.2 Å². The number of para-hydroxylation sites is 1. The Kier molecular flexibility index (Phi) is 5.72. The molecule has 0 aliphatic heterocycles. The van der Waals surface area contributed by atoms with E-state index in [1.165, 1.54) is 7.05 Å². The number of carbonyl (C=O) groups excluding carboxylic acids is 2. The second kappa shape index (κ2) is 8.75. The monoisotopic (exact) mass is 416 g/mol. The van der Waals surface area contributed by atoms with E-state index >= 15 is 0 Å². The van der Waals surface area contributed by atoms with Gasteiger partial charge in [-0.15, -0.1) is 11.3 Å². The number of rotatable bonds is 5. The van der Waals surface area contributed by atoms with Crippen LogP contribution in [0.2, 0.25) is 0 Å². The maximum atomic E-state index is 12.7. The van der Waals surface area contributed by atoms with Crippen molar-refractivity contribution in [2.24, 2.45) is 0 Å². The largest absolute Gasteiger partial charge is 0.370 e. The third-order valence-corrected chi connectivity index (χ3v) is 5.66.